The molecule has 1 amide bonds. The van der Waals surface area contributed by atoms with Gasteiger partial charge in [0.25, 0.3) is 0 Å². The molecule has 0 aromatic heterocycles. The number of carbonyl (C=O) groups excluding carboxylic acids is 1. The predicted octanol–water partition coefficient (Wildman–Crippen LogP) is 4.69. The van der Waals surface area contributed by atoms with Crippen LogP contribution in [0.3, 0.4) is 0 Å². The van der Waals surface area contributed by atoms with E-state index in [-0.39, 0.29) is 0 Å². The second-order valence-corrected chi connectivity index (χ2v) is 6.79. The number of benzene rings is 2. The van der Waals surface area contributed by atoms with Crippen LogP contribution in [0.15, 0.2) is 49.8 Å². The molecule has 3 nitrogen and oxygen atoms in total. The molecule has 0 heterocycles. The minimum absolute atomic E-state index is 0.419. The highest BCUT2D eigenvalue weighted by atomic mass is 79.9. The SMILES string of the molecule is NC(=O)c1cccc(CNc2c(Br)cc(Br)cc2Br)c1. The predicted molar refractivity (Wildman–Crippen MR) is 91.8 cm³/mol. The fraction of sp³-hybridized carbons (Fsp3) is 0.0714. The van der Waals surface area contributed by atoms with Crippen molar-refractivity contribution < 1.29 is 4.79 Å². The Kier molecular flexibility index (Phi) is 5.23. The molecular weight excluding hydrogens is 452 g/mol. The van der Waals surface area contributed by atoms with Crippen LogP contribution < -0.4 is 11.1 Å². The zero-order valence-electron chi connectivity index (χ0n) is 10.3. The molecule has 0 saturated carbocycles. The second-order valence-electron chi connectivity index (χ2n) is 4.16. The van der Waals surface area contributed by atoms with E-state index in [0.29, 0.717) is 12.1 Å². The van der Waals surface area contributed by atoms with Crippen LogP contribution in [0, 0.1) is 0 Å². The van der Waals surface area contributed by atoms with E-state index in [0.717, 1.165) is 24.7 Å². The van der Waals surface area contributed by atoms with Crippen molar-refractivity contribution in [2.24, 2.45) is 5.73 Å². The number of hydrogen-bond donors (Lipinski definition) is 2. The third-order valence-electron chi connectivity index (χ3n) is 2.69. The van der Waals surface area contributed by atoms with E-state index in [9.17, 15) is 4.79 Å². The molecule has 3 N–H and O–H groups in total. The van der Waals surface area contributed by atoms with Crippen LogP contribution in [0.5, 0.6) is 0 Å². The molecule has 0 saturated heterocycles. The van der Waals surface area contributed by atoms with Crippen molar-refractivity contribution in [3.63, 3.8) is 0 Å². The molecule has 2 aromatic carbocycles. The summed E-state index contributed by atoms with van der Waals surface area (Å²) < 4.78 is 2.88. The third-order valence-corrected chi connectivity index (χ3v) is 4.40. The highest BCUT2D eigenvalue weighted by Crippen LogP contribution is 2.34. The molecule has 0 aliphatic carbocycles. The van der Waals surface area contributed by atoms with Crippen LogP contribution in [0.1, 0.15) is 15.9 Å². The molecule has 0 unspecified atom stereocenters. The largest absolute Gasteiger partial charge is 0.379 e. The second kappa shape index (κ2) is 6.74. The van der Waals surface area contributed by atoms with Crippen molar-refractivity contribution in [2.75, 3.05) is 5.32 Å². The average Bonchev–Trinajstić information content (AvgIpc) is 2.37. The molecule has 0 bridgehead atoms. The van der Waals surface area contributed by atoms with Crippen LogP contribution in [0.2, 0.25) is 0 Å². The number of nitrogens with two attached hydrogens (primary N) is 1. The van der Waals surface area contributed by atoms with Crippen LogP contribution in [0.25, 0.3) is 0 Å². The first kappa shape index (κ1) is 15.5. The van der Waals surface area contributed by atoms with Gasteiger partial charge in [0.2, 0.25) is 5.91 Å². The fourth-order valence-corrected chi connectivity index (χ4v) is 4.28. The Balaban J connectivity index is 2.17. The lowest BCUT2D eigenvalue weighted by atomic mass is 10.1. The Bertz CT molecular complexity index is 636. The lowest BCUT2D eigenvalue weighted by molar-refractivity contribution is 0.1000. The van der Waals surface area contributed by atoms with E-state index >= 15 is 0 Å². The zero-order valence-corrected chi connectivity index (χ0v) is 15.0. The Hall–Kier alpha value is -0.850. The van der Waals surface area contributed by atoms with Crippen molar-refractivity contribution >= 4 is 59.4 Å². The summed E-state index contributed by atoms with van der Waals surface area (Å²) in [5.74, 6) is -0.419. The monoisotopic (exact) mass is 460 g/mol. The van der Waals surface area contributed by atoms with E-state index < -0.39 is 5.91 Å². The smallest absolute Gasteiger partial charge is 0.248 e. The van der Waals surface area contributed by atoms with Gasteiger partial charge in [0.05, 0.1) is 5.69 Å². The molecule has 0 spiro atoms. The lowest BCUT2D eigenvalue weighted by Gasteiger charge is -2.12. The molecule has 0 atom stereocenters. The van der Waals surface area contributed by atoms with E-state index in [1.165, 1.54) is 0 Å². The first-order chi connectivity index (χ1) is 9.47. The molecule has 0 aliphatic rings. The Morgan fingerprint density at radius 3 is 2.35 bits per heavy atom. The van der Waals surface area contributed by atoms with Crippen LogP contribution in [-0.4, -0.2) is 5.91 Å². The van der Waals surface area contributed by atoms with Crippen LogP contribution in [-0.2, 0) is 6.54 Å². The Labute approximate surface area is 142 Å². The molecule has 0 fully saturated rings. The summed E-state index contributed by atoms with van der Waals surface area (Å²) in [5, 5.41) is 3.32. The topological polar surface area (TPSA) is 55.1 Å². The summed E-state index contributed by atoms with van der Waals surface area (Å²) in [6, 6.07) is 11.2. The van der Waals surface area contributed by atoms with Gasteiger partial charge in [-0.2, -0.15) is 0 Å². The van der Waals surface area contributed by atoms with Gasteiger partial charge >= 0.3 is 0 Å². The van der Waals surface area contributed by atoms with Crippen molar-refractivity contribution in [1.82, 2.24) is 0 Å². The van der Waals surface area contributed by atoms with Crippen molar-refractivity contribution in [1.29, 1.82) is 0 Å². The van der Waals surface area contributed by atoms with Gasteiger partial charge in [-0.3, -0.25) is 4.79 Å². The van der Waals surface area contributed by atoms with Gasteiger partial charge in [-0.05, 0) is 61.7 Å². The first-order valence-electron chi connectivity index (χ1n) is 5.74. The number of hydrogen-bond acceptors (Lipinski definition) is 2. The van der Waals surface area contributed by atoms with E-state index in [1.54, 1.807) is 12.1 Å². The minimum atomic E-state index is -0.419. The lowest BCUT2D eigenvalue weighted by Crippen LogP contribution is -2.11. The summed E-state index contributed by atoms with van der Waals surface area (Å²) in [6.45, 7) is 0.597. The van der Waals surface area contributed by atoms with Gasteiger partial charge in [-0.15, -0.1) is 0 Å². The molecule has 0 radical (unpaired) electrons. The minimum Gasteiger partial charge on any atom is -0.379 e. The van der Waals surface area contributed by atoms with Crippen LogP contribution >= 0.6 is 47.8 Å². The van der Waals surface area contributed by atoms with Gasteiger partial charge in [0, 0.05) is 25.5 Å². The summed E-state index contributed by atoms with van der Waals surface area (Å²) >= 11 is 10.5. The Morgan fingerprint density at radius 1 is 1.10 bits per heavy atom. The number of nitrogens with one attached hydrogen (secondary N) is 1. The van der Waals surface area contributed by atoms with Crippen molar-refractivity contribution in [3.8, 4) is 0 Å². The van der Waals surface area contributed by atoms with Gasteiger partial charge in [-0.1, -0.05) is 28.1 Å². The third kappa shape index (κ3) is 3.84. The average molecular weight is 463 g/mol. The molecule has 2 rings (SSSR count). The normalized spacial score (nSPS) is 10.3. The molecule has 104 valence electrons. The summed E-state index contributed by atoms with van der Waals surface area (Å²) in [7, 11) is 0. The molecular formula is C14H11Br3N2O. The van der Waals surface area contributed by atoms with E-state index in [4.69, 9.17) is 5.73 Å². The van der Waals surface area contributed by atoms with Crippen LogP contribution in [0.4, 0.5) is 5.69 Å². The molecule has 20 heavy (non-hydrogen) atoms. The number of anilines is 1. The molecule has 0 aliphatic heterocycles. The number of primary amides is 1. The quantitative estimate of drug-likeness (QED) is 0.692. The highest BCUT2D eigenvalue weighted by Gasteiger charge is 2.07. The summed E-state index contributed by atoms with van der Waals surface area (Å²) in [4.78, 5) is 11.2. The summed E-state index contributed by atoms with van der Waals surface area (Å²) in [5.41, 5.74) is 7.73. The molecule has 2 aromatic rings. The van der Waals surface area contributed by atoms with E-state index in [2.05, 4.69) is 53.1 Å². The van der Waals surface area contributed by atoms with Crippen molar-refractivity contribution in [3.05, 3.63) is 60.9 Å². The maximum absolute atomic E-state index is 11.2. The maximum Gasteiger partial charge on any atom is 0.248 e. The summed E-state index contributed by atoms with van der Waals surface area (Å²) in [6.07, 6.45) is 0. The standard InChI is InChI=1S/C14H11Br3N2O/c15-10-5-11(16)13(12(17)6-10)19-7-8-2-1-3-9(4-8)14(18)20/h1-6,19H,7H2,(H2,18,20). The maximum atomic E-state index is 11.2. The van der Waals surface area contributed by atoms with Crippen molar-refractivity contribution in [2.45, 2.75) is 6.54 Å². The van der Waals surface area contributed by atoms with Gasteiger partial charge in [0.1, 0.15) is 0 Å². The van der Waals surface area contributed by atoms with Gasteiger partial charge in [0.15, 0.2) is 0 Å². The zero-order chi connectivity index (χ0) is 14.7. The first-order valence-corrected chi connectivity index (χ1v) is 8.12. The Morgan fingerprint density at radius 2 is 1.75 bits per heavy atom. The van der Waals surface area contributed by atoms with E-state index in [1.807, 2.05) is 24.3 Å². The van der Waals surface area contributed by atoms with Gasteiger partial charge in [-0.25, -0.2) is 0 Å². The number of rotatable bonds is 4. The number of amides is 1. The molecule has 6 heteroatoms. The number of halogens is 3. The fourth-order valence-electron chi connectivity index (χ4n) is 1.74. The number of carbonyl (C=O) groups is 1. The highest BCUT2D eigenvalue weighted by molar-refractivity contribution is 9.11. The van der Waals surface area contributed by atoms with Gasteiger partial charge < -0.3 is 11.1 Å².